The zero-order valence-corrected chi connectivity index (χ0v) is 17.3. The predicted octanol–water partition coefficient (Wildman–Crippen LogP) is 5.31. The van der Waals surface area contributed by atoms with Crippen LogP contribution in [0.4, 0.5) is 0 Å². The number of phenolic OH excluding ortho intramolecular Hbond substituents is 1. The van der Waals surface area contributed by atoms with Crippen molar-refractivity contribution in [2.75, 3.05) is 7.11 Å². The summed E-state index contributed by atoms with van der Waals surface area (Å²) in [7, 11) is 1.68. The van der Waals surface area contributed by atoms with E-state index in [1.807, 2.05) is 24.3 Å². The van der Waals surface area contributed by atoms with Gasteiger partial charge in [-0.1, -0.05) is 31.2 Å². The summed E-state index contributed by atoms with van der Waals surface area (Å²) in [6.07, 6.45) is 7.18. The average Bonchev–Trinajstić information content (AvgIpc) is 2.99. The molecule has 2 N–H and O–H groups in total. The fourth-order valence-electron chi connectivity index (χ4n) is 6.48. The highest BCUT2D eigenvalue weighted by atomic mass is 16.5. The Labute approximate surface area is 173 Å². The largest absolute Gasteiger partial charge is 0.508 e. The van der Waals surface area contributed by atoms with E-state index in [1.165, 1.54) is 16.7 Å². The highest BCUT2D eigenvalue weighted by Crippen LogP contribution is 2.62. The fourth-order valence-corrected chi connectivity index (χ4v) is 6.48. The van der Waals surface area contributed by atoms with Crippen LogP contribution in [0.5, 0.6) is 11.5 Å². The van der Waals surface area contributed by atoms with Crippen LogP contribution < -0.4 is 4.74 Å². The van der Waals surface area contributed by atoms with Gasteiger partial charge < -0.3 is 14.9 Å². The van der Waals surface area contributed by atoms with Crippen molar-refractivity contribution >= 4 is 6.08 Å². The second-order valence-corrected chi connectivity index (χ2v) is 9.44. The molecular formula is C26H30O3. The predicted molar refractivity (Wildman–Crippen MR) is 115 cm³/mol. The number of rotatable bonds is 2. The number of ether oxygens (including phenoxy) is 1. The summed E-state index contributed by atoms with van der Waals surface area (Å²) < 4.78 is 5.26. The van der Waals surface area contributed by atoms with Gasteiger partial charge in [-0.3, -0.25) is 0 Å². The third-order valence-corrected chi connectivity index (χ3v) is 8.05. The van der Waals surface area contributed by atoms with Gasteiger partial charge in [0, 0.05) is 5.41 Å². The van der Waals surface area contributed by atoms with Gasteiger partial charge in [-0.15, -0.1) is 0 Å². The maximum atomic E-state index is 11.3. The summed E-state index contributed by atoms with van der Waals surface area (Å²) in [5.74, 6) is 2.92. The van der Waals surface area contributed by atoms with Crippen LogP contribution in [0.3, 0.4) is 0 Å². The van der Waals surface area contributed by atoms with Crippen molar-refractivity contribution in [2.45, 2.75) is 51.0 Å². The quantitative estimate of drug-likeness (QED) is 0.730. The summed E-state index contributed by atoms with van der Waals surface area (Å²) >= 11 is 0. The summed E-state index contributed by atoms with van der Waals surface area (Å²) in [6, 6.07) is 14.0. The molecule has 2 aromatic rings. The summed E-state index contributed by atoms with van der Waals surface area (Å²) in [6.45, 7) is 2.31. The maximum absolute atomic E-state index is 11.3. The van der Waals surface area contributed by atoms with Crippen molar-refractivity contribution in [2.24, 2.45) is 17.3 Å². The molecule has 3 heteroatoms. The molecule has 5 atom stereocenters. The first kappa shape index (κ1) is 18.7. The molecule has 2 saturated carbocycles. The molecule has 0 aliphatic heterocycles. The molecule has 3 nitrogen and oxygen atoms in total. The maximum Gasteiger partial charge on any atom is 0.118 e. The summed E-state index contributed by atoms with van der Waals surface area (Å²) in [5, 5.41) is 21.2. The van der Waals surface area contributed by atoms with Crippen LogP contribution in [0.15, 0.2) is 48.0 Å². The first-order valence-electron chi connectivity index (χ1n) is 10.8. The van der Waals surface area contributed by atoms with E-state index in [1.54, 1.807) is 7.11 Å². The molecule has 152 valence electrons. The molecule has 2 aromatic carbocycles. The topological polar surface area (TPSA) is 49.7 Å². The van der Waals surface area contributed by atoms with Crippen LogP contribution in [0.1, 0.15) is 55.2 Å². The van der Waals surface area contributed by atoms with E-state index in [9.17, 15) is 10.2 Å². The molecule has 5 rings (SSSR count). The van der Waals surface area contributed by atoms with Crippen molar-refractivity contribution in [3.8, 4) is 11.5 Å². The molecule has 0 saturated heterocycles. The minimum Gasteiger partial charge on any atom is -0.508 e. The highest BCUT2D eigenvalue weighted by molar-refractivity contribution is 5.56. The van der Waals surface area contributed by atoms with Crippen LogP contribution >= 0.6 is 0 Å². The number of hydrogen-bond donors (Lipinski definition) is 2. The summed E-state index contributed by atoms with van der Waals surface area (Å²) in [4.78, 5) is 0. The normalized spacial score (nSPS) is 34.4. The number of methoxy groups -OCH3 is 1. The standard InChI is InChI=1S/C26H30O3/c1-26-12-11-22-21-10-6-19(27)14-17(21)5-9-23(22)24(26)15-18(25(26)28)13-16-3-7-20(29-2)8-4-16/h3-4,6-8,10,13-14,22-25,27-28H,5,9,11-12,15H2,1-2H3/b18-13+/t22-,23+,24+,25+,26-/m1/s1. The smallest absolute Gasteiger partial charge is 0.118 e. The number of aromatic hydroxyl groups is 1. The lowest BCUT2D eigenvalue weighted by Crippen LogP contribution is -2.44. The molecule has 0 aromatic heterocycles. The molecule has 0 unspecified atom stereocenters. The van der Waals surface area contributed by atoms with E-state index in [4.69, 9.17) is 4.74 Å². The number of benzene rings is 2. The number of aliphatic hydroxyl groups is 1. The van der Waals surface area contributed by atoms with E-state index in [0.29, 0.717) is 23.5 Å². The van der Waals surface area contributed by atoms with E-state index in [-0.39, 0.29) is 11.5 Å². The van der Waals surface area contributed by atoms with Gasteiger partial charge >= 0.3 is 0 Å². The summed E-state index contributed by atoms with van der Waals surface area (Å²) in [5.41, 5.74) is 5.03. The van der Waals surface area contributed by atoms with Gasteiger partial charge in [-0.05, 0) is 96.4 Å². The lowest BCUT2D eigenvalue weighted by atomic mass is 9.55. The van der Waals surface area contributed by atoms with Gasteiger partial charge in [-0.2, -0.15) is 0 Å². The van der Waals surface area contributed by atoms with Crippen LogP contribution in [-0.2, 0) is 6.42 Å². The van der Waals surface area contributed by atoms with E-state index in [0.717, 1.165) is 43.4 Å². The van der Waals surface area contributed by atoms with E-state index >= 15 is 0 Å². The van der Waals surface area contributed by atoms with Gasteiger partial charge in [0.25, 0.3) is 0 Å². The number of aliphatic hydroxyl groups excluding tert-OH is 1. The fraction of sp³-hybridized carbons (Fsp3) is 0.462. The lowest BCUT2D eigenvalue weighted by Gasteiger charge is -2.49. The molecular weight excluding hydrogens is 360 g/mol. The number of phenols is 1. The minimum absolute atomic E-state index is 0.0338. The molecule has 0 amide bonds. The molecule has 0 spiro atoms. The van der Waals surface area contributed by atoms with Crippen LogP contribution in [0.2, 0.25) is 0 Å². The second-order valence-electron chi connectivity index (χ2n) is 9.44. The first-order chi connectivity index (χ1) is 14.0. The Balaban J connectivity index is 1.45. The van der Waals surface area contributed by atoms with Gasteiger partial charge in [-0.25, -0.2) is 0 Å². The molecule has 3 aliphatic rings. The molecule has 2 fully saturated rings. The van der Waals surface area contributed by atoms with Gasteiger partial charge in [0.05, 0.1) is 13.2 Å². The van der Waals surface area contributed by atoms with Crippen molar-refractivity contribution in [1.82, 2.24) is 0 Å². The van der Waals surface area contributed by atoms with E-state index in [2.05, 4.69) is 31.2 Å². The van der Waals surface area contributed by atoms with Crippen LogP contribution in [0, 0.1) is 17.3 Å². The van der Waals surface area contributed by atoms with Gasteiger partial charge in [0.2, 0.25) is 0 Å². The van der Waals surface area contributed by atoms with Crippen molar-refractivity contribution in [1.29, 1.82) is 0 Å². The van der Waals surface area contributed by atoms with Crippen LogP contribution in [-0.4, -0.2) is 23.4 Å². The average molecular weight is 391 g/mol. The monoisotopic (exact) mass is 390 g/mol. The van der Waals surface area contributed by atoms with E-state index < -0.39 is 0 Å². The molecule has 0 heterocycles. The third-order valence-electron chi connectivity index (χ3n) is 8.05. The Bertz CT molecular complexity index is 945. The van der Waals surface area contributed by atoms with Crippen molar-refractivity contribution < 1.29 is 14.9 Å². The second kappa shape index (κ2) is 6.91. The first-order valence-corrected chi connectivity index (χ1v) is 10.8. The molecule has 0 radical (unpaired) electrons. The SMILES string of the molecule is COc1ccc(/C=C2\C[C@H]3[C@H]4CCc5cc(O)ccc5[C@H]4CC[C@@]3(C)[C@H]2O)cc1. The van der Waals surface area contributed by atoms with Crippen molar-refractivity contribution in [3.63, 3.8) is 0 Å². The Hall–Kier alpha value is -2.26. The molecule has 3 aliphatic carbocycles. The lowest BCUT2D eigenvalue weighted by molar-refractivity contribution is -0.0158. The highest BCUT2D eigenvalue weighted by Gasteiger charge is 2.56. The molecule has 29 heavy (non-hydrogen) atoms. The third kappa shape index (κ3) is 2.98. The minimum atomic E-state index is -0.364. The van der Waals surface area contributed by atoms with Crippen LogP contribution in [0.25, 0.3) is 6.08 Å². The molecule has 0 bridgehead atoms. The number of aryl methyl sites for hydroxylation is 1. The van der Waals surface area contributed by atoms with Gasteiger partial charge in [0.15, 0.2) is 0 Å². The number of fused-ring (bicyclic) bond motifs is 5. The van der Waals surface area contributed by atoms with Crippen molar-refractivity contribution in [3.05, 3.63) is 64.7 Å². The zero-order chi connectivity index (χ0) is 20.2. The Kier molecular flexibility index (Phi) is 4.47. The Morgan fingerprint density at radius 3 is 2.66 bits per heavy atom. The zero-order valence-electron chi connectivity index (χ0n) is 17.3. The number of hydrogen-bond acceptors (Lipinski definition) is 3. The Morgan fingerprint density at radius 2 is 1.90 bits per heavy atom. The van der Waals surface area contributed by atoms with Gasteiger partial charge in [0.1, 0.15) is 11.5 Å². The Morgan fingerprint density at radius 1 is 1.10 bits per heavy atom.